The average molecular weight is 160 g/mol. The number of hydrogen-bond acceptors (Lipinski definition) is 2. The Hall–Kier alpha value is -0.120. The maximum atomic E-state index is 5.51. The number of nitrogens with zero attached hydrogens (tertiary/aromatic N) is 1. The molecule has 0 N–H and O–H groups in total. The molecule has 0 radical (unpaired) electrons. The predicted octanol–water partition coefficient (Wildman–Crippen LogP) is 0.108. The Kier molecular flexibility index (Phi) is 2.87. The summed E-state index contributed by atoms with van der Waals surface area (Å²) in [6.45, 7) is 3.30. The molecule has 1 aliphatic heterocycles. The zero-order chi connectivity index (χ0) is 8.32. The van der Waals surface area contributed by atoms with Crippen molar-refractivity contribution in [1.82, 2.24) is 0 Å². The third-order valence-electron chi connectivity index (χ3n) is 1.64. The SMILES string of the molecule is C[N+](C)(C)C[C@@H]1COCCO1. The van der Waals surface area contributed by atoms with E-state index in [1.165, 1.54) is 0 Å². The Bertz CT molecular complexity index is 114. The lowest BCUT2D eigenvalue weighted by atomic mass is 10.3. The van der Waals surface area contributed by atoms with Crippen LogP contribution in [0.25, 0.3) is 0 Å². The van der Waals surface area contributed by atoms with E-state index in [2.05, 4.69) is 21.1 Å². The van der Waals surface area contributed by atoms with Gasteiger partial charge in [-0.05, 0) is 0 Å². The highest BCUT2D eigenvalue weighted by Crippen LogP contribution is 2.04. The van der Waals surface area contributed by atoms with E-state index < -0.39 is 0 Å². The fraction of sp³-hybridized carbons (Fsp3) is 1.00. The molecule has 0 saturated carbocycles. The number of ether oxygens (including phenoxy) is 2. The topological polar surface area (TPSA) is 18.5 Å². The summed E-state index contributed by atoms with van der Waals surface area (Å²) in [5.74, 6) is 0. The molecule has 1 rings (SSSR count). The number of hydrogen-bond donors (Lipinski definition) is 0. The molecule has 66 valence electrons. The van der Waals surface area contributed by atoms with Crippen molar-refractivity contribution in [3.8, 4) is 0 Å². The smallest absolute Gasteiger partial charge is 0.130 e. The van der Waals surface area contributed by atoms with Gasteiger partial charge in [0, 0.05) is 0 Å². The van der Waals surface area contributed by atoms with Gasteiger partial charge in [0.2, 0.25) is 0 Å². The summed E-state index contributed by atoms with van der Waals surface area (Å²) in [7, 11) is 6.49. The number of rotatable bonds is 2. The molecule has 1 atom stereocenters. The van der Waals surface area contributed by atoms with Crippen molar-refractivity contribution in [2.75, 3.05) is 47.5 Å². The summed E-state index contributed by atoms with van der Waals surface area (Å²) in [4.78, 5) is 0. The van der Waals surface area contributed by atoms with Crippen molar-refractivity contribution in [3.63, 3.8) is 0 Å². The zero-order valence-corrected chi connectivity index (χ0v) is 7.67. The first kappa shape index (κ1) is 8.97. The van der Waals surface area contributed by atoms with E-state index in [4.69, 9.17) is 9.47 Å². The monoisotopic (exact) mass is 160 g/mol. The normalized spacial score (nSPS) is 27.0. The fourth-order valence-corrected chi connectivity index (χ4v) is 1.25. The summed E-state index contributed by atoms with van der Waals surface area (Å²) in [6.07, 6.45) is 0.295. The van der Waals surface area contributed by atoms with Crippen molar-refractivity contribution in [2.24, 2.45) is 0 Å². The molecule has 3 heteroatoms. The van der Waals surface area contributed by atoms with Crippen LogP contribution in [0.3, 0.4) is 0 Å². The first-order valence-corrected chi connectivity index (χ1v) is 4.08. The maximum absolute atomic E-state index is 5.51. The van der Waals surface area contributed by atoms with Gasteiger partial charge in [-0.1, -0.05) is 0 Å². The second kappa shape index (κ2) is 3.52. The van der Waals surface area contributed by atoms with Crippen LogP contribution in [-0.2, 0) is 9.47 Å². The van der Waals surface area contributed by atoms with Gasteiger partial charge in [0.25, 0.3) is 0 Å². The van der Waals surface area contributed by atoms with Gasteiger partial charge in [-0.2, -0.15) is 0 Å². The minimum Gasteiger partial charge on any atom is -0.376 e. The van der Waals surface area contributed by atoms with Gasteiger partial charge in [-0.3, -0.25) is 0 Å². The van der Waals surface area contributed by atoms with Crippen LogP contribution >= 0.6 is 0 Å². The zero-order valence-electron chi connectivity index (χ0n) is 7.67. The first-order valence-electron chi connectivity index (χ1n) is 4.08. The Labute approximate surface area is 68.5 Å². The third-order valence-corrected chi connectivity index (χ3v) is 1.64. The average Bonchev–Trinajstić information content (AvgIpc) is 1.85. The van der Waals surface area contributed by atoms with Crippen molar-refractivity contribution in [3.05, 3.63) is 0 Å². The van der Waals surface area contributed by atoms with Gasteiger partial charge < -0.3 is 14.0 Å². The minimum absolute atomic E-state index is 0.295. The van der Waals surface area contributed by atoms with E-state index in [1.54, 1.807) is 0 Å². The number of likely N-dealkylation sites (N-methyl/N-ethyl adjacent to an activating group) is 1. The van der Waals surface area contributed by atoms with Crippen LogP contribution in [0.2, 0.25) is 0 Å². The molecule has 0 amide bonds. The lowest BCUT2D eigenvalue weighted by Gasteiger charge is -2.31. The van der Waals surface area contributed by atoms with E-state index in [-0.39, 0.29) is 0 Å². The molecular formula is C8H18NO2+. The largest absolute Gasteiger partial charge is 0.376 e. The summed E-state index contributed by atoms with van der Waals surface area (Å²) < 4.78 is 11.7. The van der Waals surface area contributed by atoms with Crippen LogP contribution in [-0.4, -0.2) is 58.1 Å². The summed E-state index contributed by atoms with van der Waals surface area (Å²) >= 11 is 0. The molecule has 0 spiro atoms. The third kappa shape index (κ3) is 3.70. The number of quaternary nitrogens is 1. The quantitative estimate of drug-likeness (QED) is 0.534. The van der Waals surface area contributed by atoms with Crippen LogP contribution in [0.1, 0.15) is 0 Å². The van der Waals surface area contributed by atoms with Crippen LogP contribution in [0, 0.1) is 0 Å². The van der Waals surface area contributed by atoms with Crippen molar-refractivity contribution < 1.29 is 14.0 Å². The second-order valence-corrected chi connectivity index (χ2v) is 4.04. The maximum Gasteiger partial charge on any atom is 0.130 e. The second-order valence-electron chi connectivity index (χ2n) is 4.04. The minimum atomic E-state index is 0.295. The summed E-state index contributed by atoms with van der Waals surface area (Å²) in [5.41, 5.74) is 0. The molecule has 0 unspecified atom stereocenters. The van der Waals surface area contributed by atoms with Gasteiger partial charge in [0.1, 0.15) is 12.6 Å². The Morgan fingerprint density at radius 2 is 2.00 bits per heavy atom. The molecule has 1 saturated heterocycles. The van der Waals surface area contributed by atoms with Crippen molar-refractivity contribution in [1.29, 1.82) is 0 Å². The molecule has 0 bridgehead atoms. The predicted molar refractivity (Wildman–Crippen MR) is 43.5 cm³/mol. The summed E-state index contributed by atoms with van der Waals surface area (Å²) in [6, 6.07) is 0. The first-order chi connectivity index (χ1) is 5.08. The van der Waals surface area contributed by atoms with Gasteiger partial charge in [0.15, 0.2) is 0 Å². The molecule has 1 fully saturated rings. The van der Waals surface area contributed by atoms with E-state index in [9.17, 15) is 0 Å². The highest BCUT2D eigenvalue weighted by molar-refractivity contribution is 4.58. The highest BCUT2D eigenvalue weighted by atomic mass is 16.6. The molecule has 1 heterocycles. The summed E-state index contributed by atoms with van der Waals surface area (Å²) in [5, 5.41) is 0. The molecule has 0 aliphatic carbocycles. The Balaban J connectivity index is 2.24. The lowest BCUT2D eigenvalue weighted by Crippen LogP contribution is -2.46. The fourth-order valence-electron chi connectivity index (χ4n) is 1.25. The molecule has 0 aromatic rings. The molecule has 3 nitrogen and oxygen atoms in total. The van der Waals surface area contributed by atoms with Crippen LogP contribution in [0.15, 0.2) is 0 Å². The molecule has 1 aliphatic rings. The van der Waals surface area contributed by atoms with Gasteiger partial charge in [-0.25, -0.2) is 0 Å². The van der Waals surface area contributed by atoms with Crippen LogP contribution in [0.5, 0.6) is 0 Å². The van der Waals surface area contributed by atoms with Crippen LogP contribution < -0.4 is 0 Å². The van der Waals surface area contributed by atoms with Crippen molar-refractivity contribution >= 4 is 0 Å². The van der Waals surface area contributed by atoms with Crippen molar-refractivity contribution in [2.45, 2.75) is 6.10 Å². The molecule has 0 aromatic carbocycles. The molecule has 11 heavy (non-hydrogen) atoms. The van der Waals surface area contributed by atoms with E-state index in [1.807, 2.05) is 0 Å². The van der Waals surface area contributed by atoms with E-state index >= 15 is 0 Å². The van der Waals surface area contributed by atoms with E-state index in [0.717, 1.165) is 30.8 Å². The lowest BCUT2D eigenvalue weighted by molar-refractivity contribution is -0.874. The Morgan fingerprint density at radius 1 is 1.27 bits per heavy atom. The van der Waals surface area contributed by atoms with Gasteiger partial charge >= 0.3 is 0 Å². The van der Waals surface area contributed by atoms with Gasteiger partial charge in [0.05, 0.1) is 41.0 Å². The molecule has 0 aromatic heterocycles. The standard InChI is InChI=1S/C8H18NO2/c1-9(2,3)6-8-7-10-4-5-11-8/h8H,4-7H2,1-3H3/q+1/t8-/m1/s1. The highest BCUT2D eigenvalue weighted by Gasteiger charge is 2.21. The Morgan fingerprint density at radius 3 is 2.45 bits per heavy atom. The molecular weight excluding hydrogens is 142 g/mol. The van der Waals surface area contributed by atoms with E-state index in [0.29, 0.717) is 6.10 Å². The van der Waals surface area contributed by atoms with Gasteiger partial charge in [-0.15, -0.1) is 0 Å². The van der Waals surface area contributed by atoms with Crippen LogP contribution in [0.4, 0.5) is 0 Å².